The van der Waals surface area contributed by atoms with Crippen molar-refractivity contribution in [1.82, 2.24) is 14.5 Å². The van der Waals surface area contributed by atoms with E-state index in [0.717, 1.165) is 34.9 Å². The van der Waals surface area contributed by atoms with Gasteiger partial charge in [0.15, 0.2) is 5.65 Å². The Labute approximate surface area is 109 Å². The lowest BCUT2D eigenvalue weighted by molar-refractivity contribution is 0.461. The number of anilines is 1. The van der Waals surface area contributed by atoms with Crippen molar-refractivity contribution in [3.8, 4) is 0 Å². The second-order valence-corrected chi connectivity index (χ2v) is 5.10. The molecule has 0 aliphatic heterocycles. The molecule has 2 aromatic rings. The molecule has 0 radical (unpaired) electrons. The molecule has 17 heavy (non-hydrogen) atoms. The lowest BCUT2D eigenvalue weighted by Gasteiger charge is -2.17. The molecule has 0 fully saturated rings. The summed E-state index contributed by atoms with van der Waals surface area (Å²) in [6.07, 6.45) is 5.07. The molecule has 2 rings (SSSR count). The van der Waals surface area contributed by atoms with E-state index in [2.05, 4.69) is 44.3 Å². The molecule has 1 unspecified atom stereocenters. The number of hydrogen-bond donors (Lipinski definition) is 1. The van der Waals surface area contributed by atoms with Gasteiger partial charge in [-0.1, -0.05) is 20.3 Å². The van der Waals surface area contributed by atoms with Gasteiger partial charge in [-0.05, 0) is 34.8 Å². The van der Waals surface area contributed by atoms with Crippen molar-refractivity contribution in [3.63, 3.8) is 0 Å². The third-order valence-corrected chi connectivity index (χ3v) is 3.42. The van der Waals surface area contributed by atoms with Gasteiger partial charge < -0.3 is 5.73 Å². The molecular weight excluding hydrogens is 280 g/mol. The van der Waals surface area contributed by atoms with Gasteiger partial charge in [-0.25, -0.2) is 9.97 Å². The van der Waals surface area contributed by atoms with Gasteiger partial charge in [0.05, 0.1) is 0 Å². The van der Waals surface area contributed by atoms with Crippen LogP contribution in [0.1, 0.15) is 39.2 Å². The van der Waals surface area contributed by atoms with E-state index in [1.54, 1.807) is 6.20 Å². The van der Waals surface area contributed by atoms with Crippen molar-refractivity contribution >= 4 is 33.0 Å². The van der Waals surface area contributed by atoms with E-state index in [9.17, 15) is 0 Å². The fourth-order valence-corrected chi connectivity index (χ4v) is 2.50. The summed E-state index contributed by atoms with van der Waals surface area (Å²) >= 11 is 3.40. The predicted octanol–water partition coefficient (Wildman–Crippen LogP) is 3.53. The molecule has 0 amide bonds. The van der Waals surface area contributed by atoms with Crippen LogP contribution in [0.2, 0.25) is 0 Å². The second kappa shape index (κ2) is 5.04. The van der Waals surface area contributed by atoms with Crippen LogP contribution in [-0.2, 0) is 0 Å². The second-order valence-electron chi connectivity index (χ2n) is 4.19. The first kappa shape index (κ1) is 12.4. The van der Waals surface area contributed by atoms with Crippen molar-refractivity contribution in [3.05, 3.63) is 16.7 Å². The summed E-state index contributed by atoms with van der Waals surface area (Å²) in [5.74, 6) is 0.561. The Morgan fingerprint density at radius 3 is 2.88 bits per heavy atom. The van der Waals surface area contributed by atoms with Crippen molar-refractivity contribution in [2.75, 3.05) is 5.73 Å². The summed E-state index contributed by atoms with van der Waals surface area (Å²) in [6.45, 7) is 4.35. The van der Waals surface area contributed by atoms with Gasteiger partial charge in [-0.15, -0.1) is 0 Å². The van der Waals surface area contributed by atoms with Gasteiger partial charge in [0.1, 0.15) is 5.52 Å². The highest BCUT2D eigenvalue weighted by Gasteiger charge is 2.16. The molecule has 0 aliphatic carbocycles. The molecular formula is C12H17BrN4. The van der Waals surface area contributed by atoms with Crippen LogP contribution in [0.5, 0.6) is 0 Å². The average molecular weight is 297 g/mol. The molecule has 0 bridgehead atoms. The smallest absolute Gasteiger partial charge is 0.202 e. The first-order chi connectivity index (χ1) is 8.17. The van der Waals surface area contributed by atoms with Gasteiger partial charge in [0, 0.05) is 16.7 Å². The van der Waals surface area contributed by atoms with E-state index in [0.29, 0.717) is 12.0 Å². The maximum Gasteiger partial charge on any atom is 0.202 e. The zero-order valence-electron chi connectivity index (χ0n) is 10.2. The fourth-order valence-electron chi connectivity index (χ4n) is 2.18. The summed E-state index contributed by atoms with van der Waals surface area (Å²) in [6, 6.07) is 2.34. The molecule has 4 nitrogen and oxygen atoms in total. The molecule has 5 heteroatoms. The van der Waals surface area contributed by atoms with Crippen molar-refractivity contribution in [1.29, 1.82) is 0 Å². The molecule has 2 aromatic heterocycles. The minimum absolute atomic E-state index is 0.388. The normalized spacial score (nSPS) is 13.1. The van der Waals surface area contributed by atoms with E-state index in [4.69, 9.17) is 5.73 Å². The maximum atomic E-state index is 6.01. The fraction of sp³-hybridized carbons (Fsp3) is 0.500. The SMILES string of the molecule is CCCC(CC)n1c(N)nc2cc(Br)cnc21. The summed E-state index contributed by atoms with van der Waals surface area (Å²) in [7, 11) is 0. The Morgan fingerprint density at radius 1 is 1.47 bits per heavy atom. The van der Waals surface area contributed by atoms with Crippen LogP contribution in [-0.4, -0.2) is 14.5 Å². The summed E-state index contributed by atoms with van der Waals surface area (Å²) in [5, 5.41) is 0. The van der Waals surface area contributed by atoms with Crippen LogP contribution >= 0.6 is 15.9 Å². The molecule has 92 valence electrons. The monoisotopic (exact) mass is 296 g/mol. The Balaban J connectivity index is 2.55. The Morgan fingerprint density at radius 2 is 2.24 bits per heavy atom. The van der Waals surface area contributed by atoms with E-state index in [1.165, 1.54) is 0 Å². The van der Waals surface area contributed by atoms with Crippen LogP contribution in [0.4, 0.5) is 5.95 Å². The highest BCUT2D eigenvalue weighted by Crippen LogP contribution is 2.27. The predicted molar refractivity (Wildman–Crippen MR) is 73.9 cm³/mol. The summed E-state index contributed by atoms with van der Waals surface area (Å²) < 4.78 is 2.99. The van der Waals surface area contributed by atoms with Crippen LogP contribution < -0.4 is 5.73 Å². The molecule has 0 spiro atoms. The van der Waals surface area contributed by atoms with Gasteiger partial charge in [0.25, 0.3) is 0 Å². The first-order valence-corrected chi connectivity index (χ1v) is 6.75. The largest absolute Gasteiger partial charge is 0.369 e. The Bertz CT molecular complexity index is 520. The number of rotatable bonds is 4. The van der Waals surface area contributed by atoms with Gasteiger partial charge in [0.2, 0.25) is 5.95 Å². The molecule has 2 heterocycles. The number of nitrogens with two attached hydrogens (primary N) is 1. The minimum Gasteiger partial charge on any atom is -0.369 e. The Kier molecular flexibility index (Phi) is 3.66. The Hall–Kier alpha value is -1.10. The van der Waals surface area contributed by atoms with Crippen molar-refractivity contribution in [2.24, 2.45) is 0 Å². The number of nitrogens with zero attached hydrogens (tertiary/aromatic N) is 3. The number of fused-ring (bicyclic) bond motifs is 1. The van der Waals surface area contributed by atoms with Crippen LogP contribution in [0, 0.1) is 0 Å². The minimum atomic E-state index is 0.388. The van der Waals surface area contributed by atoms with Gasteiger partial charge >= 0.3 is 0 Å². The molecule has 0 saturated carbocycles. The number of aromatic nitrogens is 3. The van der Waals surface area contributed by atoms with E-state index in [1.807, 2.05) is 6.07 Å². The molecule has 1 atom stereocenters. The number of hydrogen-bond acceptors (Lipinski definition) is 3. The van der Waals surface area contributed by atoms with Crippen LogP contribution in [0.3, 0.4) is 0 Å². The average Bonchev–Trinajstić information content (AvgIpc) is 2.61. The first-order valence-electron chi connectivity index (χ1n) is 5.96. The van der Waals surface area contributed by atoms with Crippen LogP contribution in [0.25, 0.3) is 11.2 Å². The summed E-state index contributed by atoms with van der Waals surface area (Å²) in [5.41, 5.74) is 7.74. The topological polar surface area (TPSA) is 56.7 Å². The van der Waals surface area contributed by atoms with Gasteiger partial charge in [-0.3, -0.25) is 4.57 Å². The lowest BCUT2D eigenvalue weighted by Crippen LogP contribution is -2.11. The van der Waals surface area contributed by atoms with Crippen molar-refractivity contribution in [2.45, 2.75) is 39.2 Å². The summed E-state index contributed by atoms with van der Waals surface area (Å²) in [4.78, 5) is 8.80. The van der Waals surface area contributed by atoms with Crippen LogP contribution in [0.15, 0.2) is 16.7 Å². The van der Waals surface area contributed by atoms with E-state index in [-0.39, 0.29) is 0 Å². The molecule has 2 N–H and O–H groups in total. The maximum absolute atomic E-state index is 6.01. The third kappa shape index (κ3) is 2.29. The van der Waals surface area contributed by atoms with Gasteiger partial charge in [-0.2, -0.15) is 0 Å². The zero-order valence-corrected chi connectivity index (χ0v) is 11.7. The number of imidazole rings is 1. The van der Waals surface area contributed by atoms with Crippen molar-refractivity contribution < 1.29 is 0 Å². The van der Waals surface area contributed by atoms with E-state index >= 15 is 0 Å². The van der Waals surface area contributed by atoms with E-state index < -0.39 is 0 Å². The lowest BCUT2D eigenvalue weighted by atomic mass is 10.1. The highest BCUT2D eigenvalue weighted by atomic mass is 79.9. The number of halogens is 1. The standard InChI is InChI=1S/C12H17BrN4/c1-3-5-9(4-2)17-11-10(16-12(17)14)6-8(13)7-15-11/h6-7,9H,3-5H2,1-2H3,(H2,14,16). The zero-order chi connectivity index (χ0) is 12.4. The highest BCUT2D eigenvalue weighted by molar-refractivity contribution is 9.10. The molecule has 0 aliphatic rings. The third-order valence-electron chi connectivity index (χ3n) is 2.98. The number of pyridine rings is 1. The number of nitrogen functional groups attached to an aromatic ring is 1. The molecule has 0 saturated heterocycles. The molecule has 0 aromatic carbocycles. The quantitative estimate of drug-likeness (QED) is 0.939.